The predicted molar refractivity (Wildman–Crippen MR) is 69.9 cm³/mol. The maximum Gasteiger partial charge on any atom is 0.216 e. The number of hydrogen-bond donors (Lipinski definition) is 1. The third-order valence-electron chi connectivity index (χ3n) is 4.42. The van der Waals surface area contributed by atoms with Crippen LogP contribution in [0.25, 0.3) is 0 Å². The lowest BCUT2D eigenvalue weighted by atomic mass is 9.78. The molecule has 6 heteroatoms. The van der Waals surface area contributed by atoms with Crippen LogP contribution in [0.2, 0.25) is 0 Å². The zero-order valence-corrected chi connectivity index (χ0v) is 11.7. The number of nitrogens with zero attached hydrogens (tertiary/aromatic N) is 1. The lowest BCUT2D eigenvalue weighted by Gasteiger charge is -2.38. The summed E-state index contributed by atoms with van der Waals surface area (Å²) in [5, 5.41) is 3.36. The first-order valence-electron chi connectivity index (χ1n) is 6.32. The molecule has 17 heavy (non-hydrogen) atoms. The summed E-state index contributed by atoms with van der Waals surface area (Å²) in [5.41, 5.74) is 0.412. The van der Waals surface area contributed by atoms with Crippen molar-refractivity contribution in [2.24, 2.45) is 5.41 Å². The smallest absolute Gasteiger partial charge is 0.216 e. The van der Waals surface area contributed by atoms with Gasteiger partial charge in [0.05, 0.1) is 5.25 Å². The minimum absolute atomic E-state index is 0. The summed E-state index contributed by atoms with van der Waals surface area (Å²) < 4.78 is 25.9. The Morgan fingerprint density at radius 1 is 1.12 bits per heavy atom. The lowest BCUT2D eigenvalue weighted by Crippen LogP contribution is -2.45. The van der Waals surface area contributed by atoms with E-state index >= 15 is 0 Å². The van der Waals surface area contributed by atoms with Crippen LogP contribution in [-0.4, -0.2) is 44.2 Å². The van der Waals surface area contributed by atoms with Crippen LogP contribution in [0.15, 0.2) is 0 Å². The molecular formula is C11H21ClN2O2S. The van der Waals surface area contributed by atoms with Gasteiger partial charge in [-0.1, -0.05) is 0 Å². The van der Waals surface area contributed by atoms with E-state index in [0.29, 0.717) is 5.41 Å². The first-order valence-corrected chi connectivity index (χ1v) is 7.83. The van der Waals surface area contributed by atoms with Crippen molar-refractivity contribution in [3.05, 3.63) is 0 Å². The molecule has 3 rings (SSSR count). The first-order chi connectivity index (χ1) is 7.62. The molecule has 1 N–H and O–H groups in total. The molecule has 0 unspecified atom stereocenters. The number of nitrogens with one attached hydrogen (secondary N) is 1. The Morgan fingerprint density at radius 2 is 1.76 bits per heavy atom. The zero-order valence-electron chi connectivity index (χ0n) is 10.0. The van der Waals surface area contributed by atoms with Gasteiger partial charge in [-0.05, 0) is 44.1 Å². The summed E-state index contributed by atoms with van der Waals surface area (Å²) in [6, 6.07) is 0. The van der Waals surface area contributed by atoms with Gasteiger partial charge in [0.15, 0.2) is 0 Å². The van der Waals surface area contributed by atoms with Crippen molar-refractivity contribution < 1.29 is 8.42 Å². The van der Waals surface area contributed by atoms with Crippen molar-refractivity contribution in [3.8, 4) is 0 Å². The van der Waals surface area contributed by atoms with E-state index in [2.05, 4.69) is 5.32 Å². The van der Waals surface area contributed by atoms with Gasteiger partial charge in [-0.2, -0.15) is 0 Å². The van der Waals surface area contributed by atoms with Crippen LogP contribution in [0, 0.1) is 5.41 Å². The Kier molecular flexibility index (Phi) is 3.74. The van der Waals surface area contributed by atoms with Crippen molar-refractivity contribution in [2.45, 2.75) is 37.4 Å². The monoisotopic (exact) mass is 280 g/mol. The molecule has 4 nitrogen and oxygen atoms in total. The van der Waals surface area contributed by atoms with E-state index in [1.165, 1.54) is 6.42 Å². The number of halogens is 1. The highest BCUT2D eigenvalue weighted by molar-refractivity contribution is 7.90. The molecule has 1 spiro atoms. The molecule has 0 amide bonds. The summed E-state index contributed by atoms with van der Waals surface area (Å²) in [4.78, 5) is 0. The second-order valence-corrected chi connectivity index (χ2v) is 7.78. The van der Waals surface area contributed by atoms with E-state index in [0.717, 1.165) is 51.9 Å². The summed E-state index contributed by atoms with van der Waals surface area (Å²) in [5.74, 6) is 0. The zero-order chi connectivity index (χ0) is 11.2. The molecule has 0 aromatic rings. The molecule has 3 fully saturated rings. The summed E-state index contributed by atoms with van der Waals surface area (Å²) in [6.07, 6.45) is 5.08. The van der Waals surface area contributed by atoms with Gasteiger partial charge < -0.3 is 5.32 Å². The number of sulfonamides is 1. The van der Waals surface area contributed by atoms with Crippen molar-refractivity contribution in [3.63, 3.8) is 0 Å². The van der Waals surface area contributed by atoms with Gasteiger partial charge in [0.25, 0.3) is 0 Å². The van der Waals surface area contributed by atoms with E-state index in [1.807, 2.05) is 0 Å². The molecule has 1 saturated carbocycles. The van der Waals surface area contributed by atoms with Gasteiger partial charge in [-0.25, -0.2) is 12.7 Å². The van der Waals surface area contributed by atoms with Gasteiger partial charge in [0.2, 0.25) is 10.0 Å². The Labute approximate surface area is 110 Å². The van der Waals surface area contributed by atoms with E-state index in [4.69, 9.17) is 0 Å². The Morgan fingerprint density at radius 3 is 2.24 bits per heavy atom. The highest BCUT2D eigenvalue weighted by Gasteiger charge is 2.44. The summed E-state index contributed by atoms with van der Waals surface area (Å²) in [6.45, 7) is 3.70. The Hall–Kier alpha value is 0.160. The number of hydrogen-bond acceptors (Lipinski definition) is 3. The number of rotatable bonds is 2. The maximum atomic E-state index is 12.1. The lowest BCUT2D eigenvalue weighted by molar-refractivity contribution is 0.175. The average Bonchev–Trinajstić information content (AvgIpc) is 3.04. The third kappa shape index (κ3) is 2.48. The Balaban J connectivity index is 0.00000108. The summed E-state index contributed by atoms with van der Waals surface area (Å²) >= 11 is 0. The minimum atomic E-state index is -2.92. The molecule has 0 bridgehead atoms. The Bertz CT molecular complexity index is 365. The standard InChI is InChI=1S/C11H20N2O2S.ClH/c14-16(15,10-1-2-10)13-7-4-11(5-8-13)3-6-12-9-11;/h10,12H,1-9H2;1H. The second kappa shape index (κ2) is 4.68. The van der Waals surface area contributed by atoms with Crippen molar-refractivity contribution in [1.29, 1.82) is 0 Å². The fourth-order valence-electron chi connectivity index (χ4n) is 3.01. The molecule has 100 valence electrons. The molecule has 0 atom stereocenters. The highest BCUT2D eigenvalue weighted by Crippen LogP contribution is 2.40. The molecule has 2 saturated heterocycles. The van der Waals surface area contributed by atoms with Gasteiger partial charge in [-0.3, -0.25) is 0 Å². The largest absolute Gasteiger partial charge is 0.316 e. The molecule has 2 heterocycles. The van der Waals surface area contributed by atoms with Crippen LogP contribution < -0.4 is 5.32 Å². The topological polar surface area (TPSA) is 49.4 Å². The van der Waals surface area contributed by atoms with Crippen LogP contribution in [0.1, 0.15) is 32.1 Å². The van der Waals surface area contributed by atoms with Gasteiger partial charge >= 0.3 is 0 Å². The first kappa shape index (κ1) is 13.6. The quantitative estimate of drug-likeness (QED) is 0.820. The minimum Gasteiger partial charge on any atom is -0.316 e. The maximum absolute atomic E-state index is 12.1. The number of piperidine rings is 1. The van der Waals surface area contributed by atoms with Gasteiger partial charge in [0, 0.05) is 19.6 Å². The third-order valence-corrected chi connectivity index (χ3v) is 6.82. The van der Waals surface area contributed by atoms with Crippen molar-refractivity contribution in [2.75, 3.05) is 26.2 Å². The van der Waals surface area contributed by atoms with Crippen LogP contribution in [0.4, 0.5) is 0 Å². The van der Waals surface area contributed by atoms with E-state index in [1.54, 1.807) is 4.31 Å². The molecule has 0 radical (unpaired) electrons. The fourth-order valence-corrected chi connectivity index (χ4v) is 4.86. The molecular weight excluding hydrogens is 260 g/mol. The second-order valence-electron chi connectivity index (χ2n) is 5.57. The van der Waals surface area contributed by atoms with Crippen molar-refractivity contribution in [1.82, 2.24) is 9.62 Å². The van der Waals surface area contributed by atoms with Crippen molar-refractivity contribution >= 4 is 22.4 Å². The molecule has 3 aliphatic rings. The highest BCUT2D eigenvalue weighted by atomic mass is 35.5. The van der Waals surface area contributed by atoms with E-state index in [9.17, 15) is 8.42 Å². The molecule has 0 aromatic carbocycles. The summed E-state index contributed by atoms with van der Waals surface area (Å²) in [7, 11) is -2.92. The van der Waals surface area contributed by atoms with Gasteiger partial charge in [-0.15, -0.1) is 12.4 Å². The molecule has 2 aliphatic heterocycles. The average molecular weight is 281 g/mol. The molecule has 0 aromatic heterocycles. The van der Waals surface area contributed by atoms with E-state index < -0.39 is 10.0 Å². The SMILES string of the molecule is Cl.O=S(=O)(C1CC1)N1CCC2(CCNC2)CC1. The van der Waals surface area contributed by atoms with Crippen LogP contribution in [0.5, 0.6) is 0 Å². The van der Waals surface area contributed by atoms with E-state index in [-0.39, 0.29) is 17.7 Å². The predicted octanol–water partition coefficient (Wildman–Crippen LogP) is 0.976. The normalized spacial score (nSPS) is 29.2. The molecule has 1 aliphatic carbocycles. The fraction of sp³-hybridized carbons (Fsp3) is 1.00. The van der Waals surface area contributed by atoms with Crippen LogP contribution in [0.3, 0.4) is 0 Å². The van der Waals surface area contributed by atoms with Crippen LogP contribution in [-0.2, 0) is 10.0 Å². The van der Waals surface area contributed by atoms with Crippen LogP contribution >= 0.6 is 12.4 Å². The van der Waals surface area contributed by atoms with Gasteiger partial charge in [0.1, 0.15) is 0 Å².